The Hall–Kier alpha value is -1.36. The van der Waals surface area contributed by atoms with Crippen molar-refractivity contribution in [2.75, 3.05) is 0 Å². The maximum absolute atomic E-state index is 10.3. The van der Waals surface area contributed by atoms with Gasteiger partial charge in [-0.2, -0.15) is 0 Å². The molecule has 0 aliphatic carbocycles. The molecule has 3 N–H and O–H groups in total. The van der Waals surface area contributed by atoms with Gasteiger partial charge in [-0.15, -0.1) is 11.3 Å². The predicted molar refractivity (Wildman–Crippen MR) is 43.6 cm³/mol. The van der Waals surface area contributed by atoms with Gasteiger partial charge in [-0.1, -0.05) is 0 Å². The van der Waals surface area contributed by atoms with Crippen LogP contribution in [0.1, 0.15) is 10.4 Å². The van der Waals surface area contributed by atoms with Crippen LogP contribution >= 0.6 is 11.3 Å². The molecule has 1 aromatic rings. The fourth-order valence-corrected chi connectivity index (χ4v) is 1.31. The number of carboxylic acids is 1. The standard InChI is InChI=1S/C6H6N2O2S/c7-3-8-5-1-4(2-11-5)6(9)10/h1-3H,(H2,7,8)(H,9,10). The van der Waals surface area contributed by atoms with E-state index < -0.39 is 5.97 Å². The summed E-state index contributed by atoms with van der Waals surface area (Å²) in [5, 5.41) is 10.6. The number of carboxylic acid groups (broad SMARTS) is 1. The Bertz CT molecular complexity index is 293. The first kappa shape index (κ1) is 7.74. The maximum Gasteiger partial charge on any atom is 0.336 e. The van der Waals surface area contributed by atoms with Crippen LogP contribution < -0.4 is 5.73 Å². The van der Waals surface area contributed by atoms with E-state index in [1.54, 1.807) is 0 Å². The first-order valence-corrected chi connectivity index (χ1v) is 3.68. The molecule has 11 heavy (non-hydrogen) atoms. The van der Waals surface area contributed by atoms with Gasteiger partial charge in [0, 0.05) is 5.38 Å². The predicted octanol–water partition coefficient (Wildman–Crippen LogP) is 1.06. The zero-order valence-electron chi connectivity index (χ0n) is 5.52. The van der Waals surface area contributed by atoms with Crippen LogP contribution in [0.4, 0.5) is 5.00 Å². The van der Waals surface area contributed by atoms with Gasteiger partial charge in [-0.25, -0.2) is 9.79 Å². The van der Waals surface area contributed by atoms with Crippen molar-refractivity contribution in [3.05, 3.63) is 17.0 Å². The van der Waals surface area contributed by atoms with Gasteiger partial charge >= 0.3 is 5.97 Å². The highest BCUT2D eigenvalue weighted by atomic mass is 32.1. The summed E-state index contributed by atoms with van der Waals surface area (Å²) in [4.78, 5) is 14.1. The van der Waals surface area contributed by atoms with E-state index in [-0.39, 0.29) is 5.56 Å². The number of nitrogens with zero attached hydrogens (tertiary/aromatic N) is 1. The number of hydrogen-bond donors (Lipinski definition) is 2. The van der Waals surface area contributed by atoms with E-state index in [9.17, 15) is 4.79 Å². The number of thiophene rings is 1. The highest BCUT2D eigenvalue weighted by molar-refractivity contribution is 7.14. The number of nitrogens with two attached hydrogens (primary N) is 1. The van der Waals surface area contributed by atoms with Gasteiger partial charge < -0.3 is 10.8 Å². The summed E-state index contributed by atoms with van der Waals surface area (Å²) in [5.74, 6) is -0.945. The monoisotopic (exact) mass is 170 g/mol. The van der Waals surface area contributed by atoms with Crippen LogP contribution in [0.15, 0.2) is 16.4 Å². The molecule has 0 fully saturated rings. The third-order valence-electron chi connectivity index (χ3n) is 1.03. The minimum absolute atomic E-state index is 0.246. The zero-order valence-corrected chi connectivity index (χ0v) is 6.34. The summed E-state index contributed by atoms with van der Waals surface area (Å²) in [6.45, 7) is 0. The molecule has 0 aliphatic heterocycles. The summed E-state index contributed by atoms with van der Waals surface area (Å²) in [6, 6.07) is 1.47. The second-order valence-corrected chi connectivity index (χ2v) is 2.65. The molecule has 0 amide bonds. The summed E-state index contributed by atoms with van der Waals surface area (Å²) in [6.07, 6.45) is 1.14. The first-order chi connectivity index (χ1) is 5.24. The third kappa shape index (κ3) is 1.78. The topological polar surface area (TPSA) is 75.7 Å². The van der Waals surface area contributed by atoms with E-state index >= 15 is 0 Å². The van der Waals surface area contributed by atoms with Crippen molar-refractivity contribution < 1.29 is 9.90 Å². The van der Waals surface area contributed by atoms with Crippen molar-refractivity contribution in [2.45, 2.75) is 0 Å². The molecule has 0 radical (unpaired) electrons. The molecule has 0 saturated carbocycles. The van der Waals surface area contributed by atoms with Crippen molar-refractivity contribution >= 4 is 28.6 Å². The van der Waals surface area contributed by atoms with Crippen molar-refractivity contribution in [1.82, 2.24) is 0 Å². The molecule has 1 rings (SSSR count). The SMILES string of the molecule is N/C=N\c1cc(C(=O)O)cs1. The molecule has 1 aromatic heterocycles. The fourth-order valence-electron chi connectivity index (χ4n) is 0.578. The normalized spacial score (nSPS) is 10.5. The van der Waals surface area contributed by atoms with Gasteiger partial charge in [-0.05, 0) is 6.07 Å². The van der Waals surface area contributed by atoms with Gasteiger partial charge in [0.25, 0.3) is 0 Å². The average molecular weight is 170 g/mol. The fraction of sp³-hybridized carbons (Fsp3) is 0. The molecule has 0 unspecified atom stereocenters. The van der Waals surface area contributed by atoms with Crippen molar-refractivity contribution in [1.29, 1.82) is 0 Å². The lowest BCUT2D eigenvalue weighted by Crippen LogP contribution is -1.91. The highest BCUT2D eigenvalue weighted by Crippen LogP contribution is 2.22. The van der Waals surface area contributed by atoms with E-state index in [0.717, 1.165) is 6.34 Å². The number of rotatable bonds is 2. The van der Waals surface area contributed by atoms with E-state index in [0.29, 0.717) is 5.00 Å². The van der Waals surface area contributed by atoms with Crippen LogP contribution in [-0.4, -0.2) is 17.4 Å². The second-order valence-electron chi connectivity index (χ2n) is 1.76. The van der Waals surface area contributed by atoms with Crippen LogP contribution in [0.5, 0.6) is 0 Å². The number of aromatic carboxylic acids is 1. The Balaban J connectivity index is 2.90. The first-order valence-electron chi connectivity index (χ1n) is 2.80. The molecular weight excluding hydrogens is 164 g/mol. The summed E-state index contributed by atoms with van der Waals surface area (Å²) >= 11 is 1.24. The average Bonchev–Trinajstić information content (AvgIpc) is 2.37. The van der Waals surface area contributed by atoms with E-state index in [1.165, 1.54) is 22.8 Å². The summed E-state index contributed by atoms with van der Waals surface area (Å²) < 4.78 is 0. The summed E-state index contributed by atoms with van der Waals surface area (Å²) in [5.41, 5.74) is 5.26. The molecular formula is C6H6N2O2S. The maximum atomic E-state index is 10.3. The van der Waals surface area contributed by atoms with Crippen molar-refractivity contribution in [2.24, 2.45) is 10.7 Å². The van der Waals surface area contributed by atoms with E-state index in [2.05, 4.69) is 4.99 Å². The van der Waals surface area contributed by atoms with Crippen LogP contribution in [0.25, 0.3) is 0 Å². The quantitative estimate of drug-likeness (QED) is 0.514. The van der Waals surface area contributed by atoms with E-state index in [1.807, 2.05) is 0 Å². The lowest BCUT2D eigenvalue weighted by molar-refractivity contribution is 0.0697. The molecule has 0 spiro atoms. The van der Waals surface area contributed by atoms with Gasteiger partial charge in [-0.3, -0.25) is 0 Å². The van der Waals surface area contributed by atoms with Crippen LogP contribution in [0, 0.1) is 0 Å². The Morgan fingerprint density at radius 1 is 1.82 bits per heavy atom. The molecule has 0 bridgehead atoms. The molecule has 4 nitrogen and oxygen atoms in total. The van der Waals surface area contributed by atoms with Crippen molar-refractivity contribution in [3.8, 4) is 0 Å². The van der Waals surface area contributed by atoms with Gasteiger partial charge in [0.2, 0.25) is 0 Å². The molecule has 5 heteroatoms. The lowest BCUT2D eigenvalue weighted by Gasteiger charge is -1.81. The Morgan fingerprint density at radius 3 is 3.00 bits per heavy atom. The van der Waals surface area contributed by atoms with Crippen LogP contribution in [0.2, 0.25) is 0 Å². The minimum atomic E-state index is -0.945. The molecule has 0 atom stereocenters. The number of aliphatic imine (C=N–C) groups is 1. The highest BCUT2D eigenvalue weighted by Gasteiger charge is 2.04. The molecule has 0 aliphatic rings. The Kier molecular flexibility index (Phi) is 2.22. The minimum Gasteiger partial charge on any atom is -0.478 e. The summed E-state index contributed by atoms with van der Waals surface area (Å²) in [7, 11) is 0. The molecule has 0 saturated heterocycles. The molecule has 58 valence electrons. The van der Waals surface area contributed by atoms with Gasteiger partial charge in [0.1, 0.15) is 5.00 Å². The van der Waals surface area contributed by atoms with Gasteiger partial charge in [0.05, 0.1) is 11.9 Å². The van der Waals surface area contributed by atoms with Gasteiger partial charge in [0.15, 0.2) is 0 Å². The number of hydrogen-bond acceptors (Lipinski definition) is 3. The second kappa shape index (κ2) is 3.16. The smallest absolute Gasteiger partial charge is 0.336 e. The number of carbonyl (C=O) groups is 1. The van der Waals surface area contributed by atoms with Crippen LogP contribution in [0.3, 0.4) is 0 Å². The third-order valence-corrected chi connectivity index (χ3v) is 1.87. The Morgan fingerprint density at radius 2 is 2.55 bits per heavy atom. The largest absolute Gasteiger partial charge is 0.478 e. The molecule has 1 heterocycles. The van der Waals surface area contributed by atoms with Crippen LogP contribution in [-0.2, 0) is 0 Å². The van der Waals surface area contributed by atoms with E-state index in [4.69, 9.17) is 10.8 Å². The molecule has 0 aromatic carbocycles. The lowest BCUT2D eigenvalue weighted by atomic mass is 10.3. The Labute approximate surface area is 67.0 Å². The zero-order chi connectivity index (χ0) is 8.27. The van der Waals surface area contributed by atoms with Crippen molar-refractivity contribution in [3.63, 3.8) is 0 Å².